The van der Waals surface area contributed by atoms with Crippen molar-refractivity contribution in [3.05, 3.63) is 24.3 Å². The number of benzene rings is 1. The molecule has 0 bridgehead atoms. The average Bonchev–Trinajstić information content (AvgIpc) is 2.81. The highest BCUT2D eigenvalue weighted by atomic mass is 16.5. The van der Waals surface area contributed by atoms with Crippen LogP contribution in [-0.4, -0.2) is 65.1 Å². The van der Waals surface area contributed by atoms with Crippen molar-refractivity contribution in [2.75, 3.05) is 39.4 Å². The second-order valence-electron chi connectivity index (χ2n) is 5.79. The van der Waals surface area contributed by atoms with Gasteiger partial charge in [-0.3, -0.25) is 0 Å². The smallest absolute Gasteiger partial charge is 0.113 e. The number of para-hydroxylation sites is 1. The molecule has 7 nitrogen and oxygen atoms in total. The second kappa shape index (κ2) is 7.15. The van der Waals surface area contributed by atoms with Crippen LogP contribution in [0.1, 0.15) is 6.42 Å². The van der Waals surface area contributed by atoms with Gasteiger partial charge in [-0.25, -0.2) is 4.68 Å². The van der Waals surface area contributed by atoms with E-state index in [4.69, 9.17) is 4.74 Å². The van der Waals surface area contributed by atoms with Gasteiger partial charge in [0.25, 0.3) is 0 Å². The molecule has 1 fully saturated rings. The minimum Gasteiger partial charge on any atom is -0.385 e. The number of aromatic nitrogens is 3. The van der Waals surface area contributed by atoms with Crippen molar-refractivity contribution in [3.63, 3.8) is 0 Å². The molecule has 3 rings (SSSR count). The predicted molar refractivity (Wildman–Crippen MR) is 83.7 cm³/mol. The summed E-state index contributed by atoms with van der Waals surface area (Å²) in [6, 6.07) is 7.95. The van der Waals surface area contributed by atoms with E-state index < -0.39 is 5.60 Å². The van der Waals surface area contributed by atoms with Crippen LogP contribution >= 0.6 is 0 Å². The molecule has 0 amide bonds. The molecule has 3 N–H and O–H groups in total. The number of hydrogen-bond donors (Lipinski definition) is 3. The summed E-state index contributed by atoms with van der Waals surface area (Å²) in [5.74, 6) is 0. The molecule has 1 aliphatic heterocycles. The third-order valence-electron chi connectivity index (χ3n) is 3.85. The minimum absolute atomic E-state index is 0.376. The third kappa shape index (κ3) is 3.80. The monoisotopic (exact) mass is 305 g/mol. The molecule has 1 aromatic carbocycles. The highest BCUT2D eigenvalue weighted by Crippen LogP contribution is 2.10. The fourth-order valence-electron chi connectivity index (χ4n) is 2.65. The van der Waals surface area contributed by atoms with E-state index in [1.54, 1.807) is 0 Å². The molecule has 2 aromatic rings. The molecule has 1 aliphatic rings. The Hall–Kier alpha value is -1.54. The molecular formula is C15H23N5O2. The molecule has 0 aliphatic carbocycles. The second-order valence-corrected chi connectivity index (χ2v) is 5.79. The number of aryl methyl sites for hydroxylation is 1. The van der Waals surface area contributed by atoms with Crippen molar-refractivity contribution >= 4 is 11.0 Å². The van der Waals surface area contributed by atoms with Crippen LogP contribution in [0.25, 0.3) is 11.0 Å². The van der Waals surface area contributed by atoms with Crippen LogP contribution < -0.4 is 10.6 Å². The predicted octanol–water partition coefficient (Wildman–Crippen LogP) is -0.238. The molecule has 0 saturated carbocycles. The summed E-state index contributed by atoms with van der Waals surface area (Å²) in [6.07, 6.45) is 0.928. The van der Waals surface area contributed by atoms with Gasteiger partial charge in [-0.1, -0.05) is 17.3 Å². The van der Waals surface area contributed by atoms with E-state index in [-0.39, 0.29) is 0 Å². The molecular weight excluding hydrogens is 282 g/mol. The normalized spacial score (nSPS) is 22.8. The summed E-state index contributed by atoms with van der Waals surface area (Å²) >= 11 is 0. The number of rotatable bonds is 6. The Morgan fingerprint density at radius 2 is 2.32 bits per heavy atom. The van der Waals surface area contributed by atoms with Crippen molar-refractivity contribution in [1.29, 1.82) is 0 Å². The first-order valence-corrected chi connectivity index (χ1v) is 7.77. The summed E-state index contributed by atoms with van der Waals surface area (Å²) in [5.41, 5.74) is 1.16. The maximum absolute atomic E-state index is 10.4. The summed E-state index contributed by atoms with van der Waals surface area (Å²) < 4.78 is 7.32. The molecule has 1 atom stereocenters. The van der Waals surface area contributed by atoms with Gasteiger partial charge in [0, 0.05) is 26.2 Å². The van der Waals surface area contributed by atoms with E-state index in [1.165, 1.54) is 0 Å². The lowest BCUT2D eigenvalue weighted by molar-refractivity contribution is -0.0261. The van der Waals surface area contributed by atoms with Gasteiger partial charge in [0.1, 0.15) is 11.1 Å². The molecule has 2 heterocycles. The number of aliphatic hydroxyl groups is 1. The van der Waals surface area contributed by atoms with E-state index in [2.05, 4.69) is 20.9 Å². The lowest BCUT2D eigenvalue weighted by Gasteiger charge is -2.26. The first-order valence-electron chi connectivity index (χ1n) is 7.77. The van der Waals surface area contributed by atoms with Crippen molar-refractivity contribution in [3.8, 4) is 0 Å². The van der Waals surface area contributed by atoms with Gasteiger partial charge in [0.05, 0.1) is 18.7 Å². The topological polar surface area (TPSA) is 84.2 Å². The van der Waals surface area contributed by atoms with Crippen LogP contribution in [0, 0.1) is 0 Å². The number of β-amino-alcohol motifs (C(OH)–C–C–N with tert-alkyl or cyclic N) is 1. The number of hydrogen-bond acceptors (Lipinski definition) is 6. The molecule has 1 saturated heterocycles. The number of fused-ring (bicyclic) bond motifs is 1. The van der Waals surface area contributed by atoms with E-state index in [0.717, 1.165) is 37.1 Å². The van der Waals surface area contributed by atoms with Crippen molar-refractivity contribution in [1.82, 2.24) is 25.6 Å². The fraction of sp³-hybridized carbons (Fsp3) is 0.600. The van der Waals surface area contributed by atoms with Crippen LogP contribution in [0.5, 0.6) is 0 Å². The van der Waals surface area contributed by atoms with Gasteiger partial charge in [-0.2, -0.15) is 0 Å². The molecule has 0 radical (unpaired) electrons. The zero-order chi connectivity index (χ0) is 15.3. The molecule has 1 aromatic heterocycles. The molecule has 120 valence electrons. The fourth-order valence-corrected chi connectivity index (χ4v) is 2.65. The largest absolute Gasteiger partial charge is 0.385 e. The standard InChI is InChI=1S/C15H23N5O2/c21-15(11-17-7-9-22-12-15)10-16-6-3-8-20-14-5-2-1-4-13(14)18-19-20/h1-2,4-5,16-17,21H,3,6-12H2/t15-/m0/s1. The maximum atomic E-state index is 10.4. The zero-order valence-electron chi connectivity index (χ0n) is 12.7. The van der Waals surface area contributed by atoms with Crippen LogP contribution in [0.4, 0.5) is 0 Å². The van der Waals surface area contributed by atoms with Crippen LogP contribution in [-0.2, 0) is 11.3 Å². The Kier molecular flexibility index (Phi) is 4.99. The SMILES string of the molecule is O[C@@]1(CNCCCn2nnc3ccccc32)CNCCOC1. The summed E-state index contributed by atoms with van der Waals surface area (Å²) in [5, 5.41) is 25.2. The highest BCUT2D eigenvalue weighted by molar-refractivity contribution is 5.73. The molecule has 0 unspecified atom stereocenters. The maximum Gasteiger partial charge on any atom is 0.113 e. The number of nitrogens with zero attached hydrogens (tertiary/aromatic N) is 3. The minimum atomic E-state index is -0.823. The van der Waals surface area contributed by atoms with Gasteiger partial charge in [0.15, 0.2) is 0 Å². The van der Waals surface area contributed by atoms with E-state index >= 15 is 0 Å². The van der Waals surface area contributed by atoms with E-state index in [1.807, 2.05) is 28.9 Å². The average molecular weight is 305 g/mol. The van der Waals surface area contributed by atoms with Gasteiger partial charge in [-0.15, -0.1) is 5.10 Å². The van der Waals surface area contributed by atoms with Gasteiger partial charge < -0.3 is 20.5 Å². The van der Waals surface area contributed by atoms with E-state index in [0.29, 0.717) is 26.3 Å². The Bertz CT molecular complexity index is 592. The quantitative estimate of drug-likeness (QED) is 0.639. The first kappa shape index (κ1) is 15.4. The van der Waals surface area contributed by atoms with Gasteiger partial charge in [-0.05, 0) is 25.1 Å². The van der Waals surface area contributed by atoms with Crippen LogP contribution in [0.15, 0.2) is 24.3 Å². The third-order valence-corrected chi connectivity index (χ3v) is 3.85. The zero-order valence-corrected chi connectivity index (χ0v) is 12.7. The Morgan fingerprint density at radius 1 is 1.41 bits per heavy atom. The lowest BCUT2D eigenvalue weighted by Crippen LogP contribution is -2.50. The first-order chi connectivity index (χ1) is 10.8. The van der Waals surface area contributed by atoms with Crippen LogP contribution in [0.2, 0.25) is 0 Å². The van der Waals surface area contributed by atoms with Gasteiger partial charge >= 0.3 is 0 Å². The van der Waals surface area contributed by atoms with Crippen molar-refractivity contribution in [2.45, 2.75) is 18.6 Å². The van der Waals surface area contributed by atoms with Gasteiger partial charge in [0.2, 0.25) is 0 Å². The van der Waals surface area contributed by atoms with E-state index in [9.17, 15) is 5.11 Å². The summed E-state index contributed by atoms with van der Waals surface area (Å²) in [7, 11) is 0. The Labute approximate surface area is 129 Å². The summed E-state index contributed by atoms with van der Waals surface area (Å²) in [4.78, 5) is 0. The Morgan fingerprint density at radius 3 is 3.27 bits per heavy atom. The number of ether oxygens (including phenoxy) is 1. The number of nitrogens with one attached hydrogen (secondary N) is 2. The van der Waals surface area contributed by atoms with Crippen molar-refractivity contribution in [2.24, 2.45) is 0 Å². The molecule has 22 heavy (non-hydrogen) atoms. The van der Waals surface area contributed by atoms with Crippen LogP contribution in [0.3, 0.4) is 0 Å². The molecule has 7 heteroatoms. The van der Waals surface area contributed by atoms with Crippen molar-refractivity contribution < 1.29 is 9.84 Å². The Balaban J connectivity index is 1.42. The molecule has 0 spiro atoms. The lowest BCUT2D eigenvalue weighted by atomic mass is 10.1. The highest BCUT2D eigenvalue weighted by Gasteiger charge is 2.28. The summed E-state index contributed by atoms with van der Waals surface area (Å²) in [6.45, 7) is 4.53.